The van der Waals surface area contributed by atoms with Gasteiger partial charge in [-0.15, -0.1) is 0 Å². The highest BCUT2D eigenvalue weighted by Crippen LogP contribution is 2.13. The molecule has 0 radical (unpaired) electrons. The van der Waals surface area contributed by atoms with E-state index < -0.39 is 6.04 Å². The van der Waals surface area contributed by atoms with Crippen molar-refractivity contribution in [1.82, 2.24) is 24.9 Å². The quantitative estimate of drug-likeness (QED) is 0.745. The van der Waals surface area contributed by atoms with E-state index in [2.05, 4.69) is 27.4 Å². The monoisotopic (exact) mass is 397 g/mol. The molecule has 1 saturated heterocycles. The SMILES string of the molecule is CNC(=O)C1CN(C(=O)Cn2nc(C)ccc2=O)CCN1CCc1ccccc1. The first kappa shape index (κ1) is 20.7. The number of hydrogen-bond acceptors (Lipinski definition) is 5. The summed E-state index contributed by atoms with van der Waals surface area (Å²) in [6.45, 7) is 3.81. The number of aromatic nitrogens is 2. The summed E-state index contributed by atoms with van der Waals surface area (Å²) in [6.07, 6.45) is 0.838. The van der Waals surface area contributed by atoms with Crippen molar-refractivity contribution in [3.05, 3.63) is 64.1 Å². The number of nitrogens with zero attached hydrogens (tertiary/aromatic N) is 4. The zero-order valence-electron chi connectivity index (χ0n) is 16.9. The van der Waals surface area contributed by atoms with Gasteiger partial charge >= 0.3 is 0 Å². The number of amides is 2. The van der Waals surface area contributed by atoms with Crippen LogP contribution in [0.4, 0.5) is 0 Å². The third-order valence-corrected chi connectivity index (χ3v) is 5.21. The van der Waals surface area contributed by atoms with Gasteiger partial charge in [0.25, 0.3) is 5.56 Å². The number of piperazine rings is 1. The van der Waals surface area contributed by atoms with E-state index in [1.807, 2.05) is 18.2 Å². The first-order valence-electron chi connectivity index (χ1n) is 9.80. The van der Waals surface area contributed by atoms with Crippen LogP contribution in [0.3, 0.4) is 0 Å². The molecule has 1 aromatic heterocycles. The summed E-state index contributed by atoms with van der Waals surface area (Å²) in [7, 11) is 1.61. The minimum absolute atomic E-state index is 0.110. The Balaban J connectivity index is 1.65. The summed E-state index contributed by atoms with van der Waals surface area (Å²) < 4.78 is 1.17. The van der Waals surface area contributed by atoms with Gasteiger partial charge in [0.1, 0.15) is 12.6 Å². The van der Waals surface area contributed by atoms with Gasteiger partial charge in [0.2, 0.25) is 11.8 Å². The molecule has 2 aromatic rings. The molecule has 1 N–H and O–H groups in total. The van der Waals surface area contributed by atoms with Gasteiger partial charge in [-0.1, -0.05) is 30.3 Å². The van der Waals surface area contributed by atoms with Crippen LogP contribution in [0.5, 0.6) is 0 Å². The Morgan fingerprint density at radius 2 is 1.90 bits per heavy atom. The lowest BCUT2D eigenvalue weighted by Crippen LogP contribution is -2.60. The molecule has 0 saturated carbocycles. The molecule has 8 nitrogen and oxygen atoms in total. The minimum Gasteiger partial charge on any atom is -0.358 e. The fourth-order valence-corrected chi connectivity index (χ4v) is 3.54. The van der Waals surface area contributed by atoms with E-state index in [1.165, 1.54) is 16.3 Å². The predicted molar refractivity (Wildman–Crippen MR) is 109 cm³/mol. The number of carbonyl (C=O) groups excluding carboxylic acids is 2. The van der Waals surface area contributed by atoms with Crippen LogP contribution in [0.15, 0.2) is 47.3 Å². The lowest BCUT2D eigenvalue weighted by Gasteiger charge is -2.40. The molecule has 1 fully saturated rings. The van der Waals surface area contributed by atoms with Crippen molar-refractivity contribution in [3.8, 4) is 0 Å². The van der Waals surface area contributed by atoms with E-state index >= 15 is 0 Å². The van der Waals surface area contributed by atoms with Crippen molar-refractivity contribution >= 4 is 11.8 Å². The van der Waals surface area contributed by atoms with Gasteiger partial charge in [-0.05, 0) is 25.0 Å². The van der Waals surface area contributed by atoms with E-state index in [4.69, 9.17) is 0 Å². The van der Waals surface area contributed by atoms with Crippen LogP contribution in [-0.2, 0) is 22.6 Å². The van der Waals surface area contributed by atoms with Crippen LogP contribution in [0.2, 0.25) is 0 Å². The Morgan fingerprint density at radius 1 is 1.14 bits per heavy atom. The summed E-state index contributed by atoms with van der Waals surface area (Å²) in [4.78, 5) is 40.9. The second-order valence-corrected chi connectivity index (χ2v) is 7.21. The molecule has 1 atom stereocenters. The lowest BCUT2D eigenvalue weighted by molar-refractivity contribution is -0.138. The van der Waals surface area contributed by atoms with Crippen molar-refractivity contribution in [3.63, 3.8) is 0 Å². The Morgan fingerprint density at radius 3 is 2.62 bits per heavy atom. The van der Waals surface area contributed by atoms with E-state index in [0.717, 1.165) is 13.0 Å². The first-order chi connectivity index (χ1) is 14.0. The molecule has 8 heteroatoms. The molecule has 2 amide bonds. The molecule has 2 heterocycles. The standard InChI is InChI=1S/C21H27N5O3/c1-16-8-9-19(27)26(23-16)15-20(28)25-13-12-24(18(14-25)21(29)22-2)11-10-17-6-4-3-5-7-17/h3-9,18H,10-15H2,1-2H3,(H,22,29). The van der Waals surface area contributed by atoms with E-state index in [0.29, 0.717) is 25.3 Å². The maximum Gasteiger partial charge on any atom is 0.267 e. The van der Waals surface area contributed by atoms with Crippen molar-refractivity contribution in [2.45, 2.75) is 25.9 Å². The maximum atomic E-state index is 12.7. The zero-order valence-corrected chi connectivity index (χ0v) is 16.9. The van der Waals surface area contributed by atoms with Crippen LogP contribution >= 0.6 is 0 Å². The smallest absolute Gasteiger partial charge is 0.267 e. The summed E-state index contributed by atoms with van der Waals surface area (Å²) >= 11 is 0. The molecular formula is C21H27N5O3. The number of likely N-dealkylation sites (N-methyl/N-ethyl adjacent to an activating group) is 1. The number of benzene rings is 1. The van der Waals surface area contributed by atoms with E-state index in [-0.39, 0.29) is 23.9 Å². The molecule has 0 bridgehead atoms. The number of aryl methyl sites for hydroxylation is 1. The Bertz CT molecular complexity index is 912. The predicted octanol–water partition coefficient (Wildman–Crippen LogP) is 0.0532. The number of nitrogens with one attached hydrogen (secondary N) is 1. The van der Waals surface area contributed by atoms with E-state index in [1.54, 1.807) is 24.9 Å². The molecule has 1 aromatic carbocycles. The zero-order chi connectivity index (χ0) is 20.8. The second-order valence-electron chi connectivity index (χ2n) is 7.21. The van der Waals surface area contributed by atoms with Crippen LogP contribution in [0, 0.1) is 6.92 Å². The third kappa shape index (κ3) is 5.29. The minimum atomic E-state index is -0.413. The van der Waals surface area contributed by atoms with Crippen molar-refractivity contribution in [2.75, 3.05) is 33.2 Å². The highest BCUT2D eigenvalue weighted by atomic mass is 16.2. The molecule has 1 aliphatic rings. The summed E-state index contributed by atoms with van der Waals surface area (Å²) in [6, 6.07) is 12.7. The topological polar surface area (TPSA) is 87.5 Å². The fraction of sp³-hybridized carbons (Fsp3) is 0.429. The normalized spacial score (nSPS) is 17.2. The number of carbonyl (C=O) groups is 2. The lowest BCUT2D eigenvalue weighted by atomic mass is 10.1. The molecule has 0 spiro atoms. The van der Waals surface area contributed by atoms with Crippen molar-refractivity contribution < 1.29 is 9.59 Å². The summed E-state index contributed by atoms with van der Waals surface area (Å²) in [5.74, 6) is -0.316. The molecular weight excluding hydrogens is 370 g/mol. The summed E-state index contributed by atoms with van der Waals surface area (Å²) in [5, 5.41) is 6.83. The first-order valence-corrected chi connectivity index (χ1v) is 9.80. The average Bonchev–Trinajstić information content (AvgIpc) is 2.74. The third-order valence-electron chi connectivity index (χ3n) is 5.21. The van der Waals surface area contributed by atoms with E-state index in [9.17, 15) is 14.4 Å². The fourth-order valence-electron chi connectivity index (χ4n) is 3.54. The molecule has 29 heavy (non-hydrogen) atoms. The van der Waals surface area contributed by atoms with Crippen LogP contribution in [-0.4, -0.2) is 70.7 Å². The Hall–Kier alpha value is -3.00. The van der Waals surface area contributed by atoms with Gasteiger partial charge in [-0.25, -0.2) is 4.68 Å². The Labute approximate surface area is 170 Å². The molecule has 1 unspecified atom stereocenters. The second kappa shape index (κ2) is 9.47. The molecule has 3 rings (SSSR count). The van der Waals surface area contributed by atoms with Crippen LogP contribution < -0.4 is 10.9 Å². The Kier molecular flexibility index (Phi) is 6.77. The van der Waals surface area contributed by atoms with Crippen molar-refractivity contribution in [1.29, 1.82) is 0 Å². The van der Waals surface area contributed by atoms with Gasteiger partial charge in [0, 0.05) is 39.3 Å². The molecule has 154 valence electrons. The molecule has 1 aliphatic heterocycles. The highest BCUT2D eigenvalue weighted by molar-refractivity contribution is 5.83. The largest absolute Gasteiger partial charge is 0.358 e. The molecule has 0 aliphatic carbocycles. The van der Waals surface area contributed by atoms with Gasteiger partial charge in [0.15, 0.2) is 0 Å². The van der Waals surface area contributed by atoms with Gasteiger partial charge < -0.3 is 10.2 Å². The van der Waals surface area contributed by atoms with Gasteiger partial charge in [0.05, 0.1) is 5.69 Å². The highest BCUT2D eigenvalue weighted by Gasteiger charge is 2.33. The van der Waals surface area contributed by atoms with Crippen LogP contribution in [0.1, 0.15) is 11.3 Å². The summed E-state index contributed by atoms with van der Waals surface area (Å²) in [5.41, 5.74) is 1.58. The number of rotatable bonds is 6. The average molecular weight is 397 g/mol. The van der Waals surface area contributed by atoms with Crippen molar-refractivity contribution in [2.24, 2.45) is 0 Å². The maximum absolute atomic E-state index is 12.7. The number of hydrogen-bond donors (Lipinski definition) is 1. The van der Waals surface area contributed by atoms with Gasteiger partial charge in [-0.3, -0.25) is 19.3 Å². The van der Waals surface area contributed by atoms with Gasteiger partial charge in [-0.2, -0.15) is 5.10 Å². The van der Waals surface area contributed by atoms with Crippen LogP contribution in [0.25, 0.3) is 0 Å².